The van der Waals surface area contributed by atoms with Crippen LogP contribution in [0.5, 0.6) is 0 Å². The molecule has 1 rings (SSSR count). The summed E-state index contributed by atoms with van der Waals surface area (Å²) >= 11 is 1.45. The van der Waals surface area contributed by atoms with E-state index in [0.29, 0.717) is 23.1 Å². The molecule has 1 N–H and O–H groups in total. The largest absolute Gasteiger partial charge is 0.382 e. The molecule has 0 aliphatic heterocycles. The molecule has 0 radical (unpaired) electrons. The first-order valence-corrected chi connectivity index (χ1v) is 8.72. The quantitative estimate of drug-likeness (QED) is 0.340. The molecule has 0 bridgehead atoms. The number of nitrogens with one attached hydrogen (secondary N) is 1. The van der Waals surface area contributed by atoms with Gasteiger partial charge in [-0.3, -0.25) is 4.79 Å². The fourth-order valence-corrected chi connectivity index (χ4v) is 1.57. The van der Waals surface area contributed by atoms with Crippen LogP contribution < -0.4 is 5.32 Å². The summed E-state index contributed by atoms with van der Waals surface area (Å²) in [5.41, 5.74) is 0.485. The number of anilines is 1. The molecule has 122 valence electrons. The second-order valence-corrected chi connectivity index (χ2v) is 4.03. The van der Waals surface area contributed by atoms with Crippen LogP contribution in [0.3, 0.4) is 0 Å². The number of thioether (sulfide) groups is 1. The van der Waals surface area contributed by atoms with E-state index in [2.05, 4.69) is 15.3 Å². The van der Waals surface area contributed by atoms with Crippen molar-refractivity contribution in [3.05, 3.63) is 11.8 Å². The predicted octanol–water partition coefficient (Wildman–Crippen LogP) is 3.90. The molecule has 0 spiro atoms. The third-order valence-corrected chi connectivity index (χ3v) is 2.63. The van der Waals surface area contributed by atoms with Gasteiger partial charge in [0.2, 0.25) is 0 Å². The zero-order valence-electron chi connectivity index (χ0n) is 14.1. The summed E-state index contributed by atoms with van der Waals surface area (Å²) < 4.78 is 5.23. The van der Waals surface area contributed by atoms with Gasteiger partial charge in [0, 0.05) is 26.0 Å². The number of rotatable bonds is 8. The molecule has 0 fully saturated rings. The molecule has 21 heavy (non-hydrogen) atoms. The lowest BCUT2D eigenvalue weighted by atomic mass is 10.3. The second kappa shape index (κ2) is 16.9. The number of carbonyl (C=O) groups excluding carboxylic acids is 1. The maximum Gasteiger partial charge on any atom is 0.189 e. The van der Waals surface area contributed by atoms with E-state index in [4.69, 9.17) is 4.74 Å². The zero-order chi connectivity index (χ0) is 16.5. The van der Waals surface area contributed by atoms with E-state index in [1.54, 1.807) is 0 Å². The van der Waals surface area contributed by atoms with Crippen LogP contribution in [0.2, 0.25) is 0 Å². The highest BCUT2D eigenvalue weighted by atomic mass is 32.2. The number of ether oxygens (including phenoxy) is 1. The van der Waals surface area contributed by atoms with Crippen molar-refractivity contribution in [2.45, 2.75) is 46.2 Å². The summed E-state index contributed by atoms with van der Waals surface area (Å²) in [7, 11) is 0. The van der Waals surface area contributed by atoms with Crippen LogP contribution in [0.25, 0.3) is 0 Å². The first-order chi connectivity index (χ1) is 10.3. The number of hydrogen-bond donors (Lipinski definition) is 1. The van der Waals surface area contributed by atoms with Gasteiger partial charge in [-0.2, -0.15) is 0 Å². The minimum Gasteiger partial charge on any atom is -0.382 e. The monoisotopic (exact) mass is 315 g/mol. The summed E-state index contributed by atoms with van der Waals surface area (Å²) in [6.07, 6.45) is 5.07. The summed E-state index contributed by atoms with van der Waals surface area (Å²) in [5.74, 6) is 0.593. The van der Waals surface area contributed by atoms with Crippen LogP contribution in [-0.2, 0) is 4.74 Å². The Labute approximate surface area is 133 Å². The average molecular weight is 315 g/mol. The molecule has 0 unspecified atom stereocenters. The normalized spacial score (nSPS) is 8.86. The molecule has 6 heteroatoms. The Morgan fingerprint density at radius 1 is 1.33 bits per heavy atom. The van der Waals surface area contributed by atoms with Gasteiger partial charge in [-0.1, -0.05) is 39.5 Å². The van der Waals surface area contributed by atoms with E-state index in [0.717, 1.165) is 25.9 Å². The maximum absolute atomic E-state index is 10.8. The third kappa shape index (κ3) is 10.3. The van der Waals surface area contributed by atoms with E-state index in [1.165, 1.54) is 18.0 Å². The van der Waals surface area contributed by atoms with Crippen molar-refractivity contribution < 1.29 is 9.53 Å². The van der Waals surface area contributed by atoms with Crippen molar-refractivity contribution in [3.8, 4) is 0 Å². The molecule has 1 heterocycles. The summed E-state index contributed by atoms with van der Waals surface area (Å²) in [6.45, 7) is 12.1. The van der Waals surface area contributed by atoms with Gasteiger partial charge in [0.1, 0.15) is 5.82 Å². The Hall–Kier alpha value is -1.14. The van der Waals surface area contributed by atoms with Gasteiger partial charge in [-0.25, -0.2) is 9.97 Å². The van der Waals surface area contributed by atoms with Gasteiger partial charge in [0.15, 0.2) is 11.4 Å². The highest BCUT2D eigenvalue weighted by Crippen LogP contribution is 2.14. The van der Waals surface area contributed by atoms with Crippen LogP contribution in [0, 0.1) is 0 Å². The molecular formula is C15H29N3O2S. The highest BCUT2D eigenvalue weighted by Gasteiger charge is 2.05. The Morgan fingerprint density at radius 3 is 2.52 bits per heavy atom. The summed E-state index contributed by atoms with van der Waals surface area (Å²) in [6, 6.07) is 0. The Balaban J connectivity index is 0. The molecule has 0 saturated carbocycles. The van der Waals surface area contributed by atoms with Gasteiger partial charge in [0.05, 0.1) is 5.56 Å². The van der Waals surface area contributed by atoms with Gasteiger partial charge >= 0.3 is 0 Å². The van der Waals surface area contributed by atoms with E-state index in [9.17, 15) is 4.79 Å². The van der Waals surface area contributed by atoms with Gasteiger partial charge in [0.25, 0.3) is 0 Å². The molecule has 0 saturated heterocycles. The molecular weight excluding hydrogens is 286 g/mol. The van der Waals surface area contributed by atoms with Gasteiger partial charge in [-0.05, 0) is 19.6 Å². The lowest BCUT2D eigenvalue weighted by Gasteiger charge is -2.08. The maximum atomic E-state index is 10.8. The van der Waals surface area contributed by atoms with Crippen LogP contribution >= 0.6 is 11.8 Å². The van der Waals surface area contributed by atoms with Crippen LogP contribution in [-0.4, -0.2) is 42.3 Å². The number of carbonyl (C=O) groups is 1. The lowest BCUT2D eigenvalue weighted by Crippen LogP contribution is -2.09. The Morgan fingerprint density at radius 2 is 2.00 bits per heavy atom. The number of hydrogen-bond acceptors (Lipinski definition) is 6. The van der Waals surface area contributed by atoms with Crippen molar-refractivity contribution >= 4 is 23.9 Å². The minimum atomic E-state index is 0.485. The minimum absolute atomic E-state index is 0.485. The van der Waals surface area contributed by atoms with E-state index in [1.807, 2.05) is 40.9 Å². The molecule has 1 aromatic heterocycles. The fraction of sp³-hybridized carbons (Fsp3) is 0.667. The van der Waals surface area contributed by atoms with Crippen LogP contribution in [0.15, 0.2) is 11.4 Å². The lowest BCUT2D eigenvalue weighted by molar-refractivity contribution is 0.112. The Kier molecular flexibility index (Phi) is 17.8. The predicted molar refractivity (Wildman–Crippen MR) is 91.5 cm³/mol. The van der Waals surface area contributed by atoms with E-state index >= 15 is 0 Å². The molecule has 5 nitrogen and oxygen atoms in total. The number of aromatic nitrogens is 2. The highest BCUT2D eigenvalue weighted by molar-refractivity contribution is 7.98. The molecule has 0 amide bonds. The van der Waals surface area contributed by atoms with Gasteiger partial charge < -0.3 is 10.1 Å². The molecule has 0 aromatic carbocycles. The van der Waals surface area contributed by atoms with Crippen molar-refractivity contribution in [1.82, 2.24) is 9.97 Å². The van der Waals surface area contributed by atoms with Crippen LogP contribution in [0.4, 0.5) is 5.82 Å². The topological polar surface area (TPSA) is 64.1 Å². The van der Waals surface area contributed by atoms with Crippen LogP contribution in [0.1, 0.15) is 51.4 Å². The van der Waals surface area contributed by atoms with E-state index in [-0.39, 0.29) is 0 Å². The second-order valence-electron chi connectivity index (χ2n) is 3.26. The molecule has 1 aromatic rings. The first-order valence-electron chi connectivity index (χ1n) is 7.49. The SMILES string of the molecule is CC.CC.CCOCCCNc1nc(SC)ncc1C=O. The smallest absolute Gasteiger partial charge is 0.189 e. The van der Waals surface area contributed by atoms with Gasteiger partial charge in [-0.15, -0.1) is 0 Å². The summed E-state index contributed by atoms with van der Waals surface area (Å²) in [4.78, 5) is 19.1. The van der Waals surface area contributed by atoms with Crippen molar-refractivity contribution in [2.24, 2.45) is 0 Å². The summed E-state index contributed by atoms with van der Waals surface area (Å²) in [5, 5.41) is 3.78. The first kappa shape index (κ1) is 22.1. The number of aldehydes is 1. The average Bonchev–Trinajstić information content (AvgIpc) is 2.58. The van der Waals surface area contributed by atoms with E-state index < -0.39 is 0 Å². The number of nitrogens with zero attached hydrogens (tertiary/aromatic N) is 2. The van der Waals surface area contributed by atoms with Crippen molar-refractivity contribution in [3.63, 3.8) is 0 Å². The third-order valence-electron chi connectivity index (χ3n) is 2.07. The van der Waals surface area contributed by atoms with Crippen molar-refractivity contribution in [1.29, 1.82) is 0 Å². The van der Waals surface area contributed by atoms with Crippen molar-refractivity contribution in [2.75, 3.05) is 31.3 Å². The standard InChI is InChI=1S/C11H17N3O2S.2C2H6/c1-3-16-6-4-5-12-10-9(8-15)7-13-11(14-10)17-2;2*1-2/h7-8H,3-6H2,1-2H3,(H,12,13,14);2*1-2H3. The molecule has 0 atom stereocenters. The zero-order valence-corrected chi connectivity index (χ0v) is 14.9. The Bertz CT molecular complexity index is 363. The molecule has 0 aliphatic carbocycles. The molecule has 0 aliphatic rings. The fourth-order valence-electron chi connectivity index (χ4n) is 1.23.